The fourth-order valence-corrected chi connectivity index (χ4v) is 2.20. The van der Waals surface area contributed by atoms with E-state index in [2.05, 4.69) is 67.1 Å². The number of nitrogens with two attached hydrogens (primary N) is 1. The van der Waals surface area contributed by atoms with Gasteiger partial charge in [-0.25, -0.2) is 0 Å². The van der Waals surface area contributed by atoms with Crippen LogP contribution in [0.2, 0.25) is 0 Å². The molecule has 2 aromatic carbocycles. The minimum atomic E-state index is 0.401. The van der Waals surface area contributed by atoms with Crippen molar-refractivity contribution in [3.8, 4) is 11.8 Å². The van der Waals surface area contributed by atoms with Crippen LogP contribution in [0.25, 0.3) is 0 Å². The molecule has 0 aromatic heterocycles. The van der Waals surface area contributed by atoms with Crippen molar-refractivity contribution in [1.29, 1.82) is 0 Å². The highest BCUT2D eigenvalue weighted by molar-refractivity contribution is 5.48. The zero-order valence-electron chi connectivity index (χ0n) is 12.8. The summed E-state index contributed by atoms with van der Waals surface area (Å²) in [7, 11) is 2.11. The molecular weight excluding hydrogens is 256 g/mol. The molecule has 0 bridgehead atoms. The average molecular weight is 278 g/mol. The first kappa shape index (κ1) is 15.2. The van der Waals surface area contributed by atoms with E-state index < -0.39 is 0 Å². The van der Waals surface area contributed by atoms with Crippen molar-refractivity contribution in [2.75, 3.05) is 18.5 Å². The van der Waals surface area contributed by atoms with E-state index in [1.165, 1.54) is 16.8 Å². The summed E-state index contributed by atoms with van der Waals surface area (Å²) in [5.41, 5.74) is 10.3. The van der Waals surface area contributed by atoms with Crippen LogP contribution in [0, 0.1) is 11.8 Å². The summed E-state index contributed by atoms with van der Waals surface area (Å²) in [6, 6.07) is 17.1. The quantitative estimate of drug-likeness (QED) is 0.870. The van der Waals surface area contributed by atoms with Gasteiger partial charge in [0.25, 0.3) is 0 Å². The van der Waals surface area contributed by atoms with Crippen molar-refractivity contribution in [2.45, 2.75) is 19.9 Å². The standard InChI is InChI=1S/C19H22N2/c1-3-16-10-12-19(13-11-16)21(2)15-18-8-6-17(7-9-18)5-4-14-20/h6-13H,3,14-15,20H2,1-2H3. The predicted molar refractivity (Wildman–Crippen MR) is 90.3 cm³/mol. The Morgan fingerprint density at radius 2 is 1.57 bits per heavy atom. The van der Waals surface area contributed by atoms with Crippen LogP contribution < -0.4 is 10.6 Å². The number of nitrogens with zero attached hydrogens (tertiary/aromatic N) is 1. The number of rotatable bonds is 4. The van der Waals surface area contributed by atoms with Crippen molar-refractivity contribution < 1.29 is 0 Å². The highest BCUT2D eigenvalue weighted by Gasteiger charge is 2.02. The van der Waals surface area contributed by atoms with Gasteiger partial charge in [-0.2, -0.15) is 0 Å². The molecule has 0 amide bonds. The third-order valence-electron chi connectivity index (χ3n) is 3.49. The Hall–Kier alpha value is -2.24. The van der Waals surface area contributed by atoms with Crippen LogP contribution in [-0.4, -0.2) is 13.6 Å². The average Bonchev–Trinajstić information content (AvgIpc) is 2.54. The van der Waals surface area contributed by atoms with Crippen LogP contribution in [0.3, 0.4) is 0 Å². The van der Waals surface area contributed by atoms with E-state index in [1.807, 2.05) is 12.1 Å². The number of hydrogen-bond acceptors (Lipinski definition) is 2. The minimum Gasteiger partial charge on any atom is -0.370 e. The summed E-state index contributed by atoms with van der Waals surface area (Å²) >= 11 is 0. The van der Waals surface area contributed by atoms with Crippen LogP contribution in [0.5, 0.6) is 0 Å². The van der Waals surface area contributed by atoms with Crippen molar-refractivity contribution in [2.24, 2.45) is 5.73 Å². The van der Waals surface area contributed by atoms with Crippen LogP contribution in [0.4, 0.5) is 5.69 Å². The molecule has 2 heteroatoms. The maximum absolute atomic E-state index is 5.38. The van der Waals surface area contributed by atoms with Crippen LogP contribution in [-0.2, 0) is 13.0 Å². The van der Waals surface area contributed by atoms with Gasteiger partial charge in [0.05, 0.1) is 6.54 Å². The van der Waals surface area contributed by atoms with Crippen molar-refractivity contribution in [1.82, 2.24) is 0 Å². The van der Waals surface area contributed by atoms with E-state index in [9.17, 15) is 0 Å². The minimum absolute atomic E-state index is 0.401. The van der Waals surface area contributed by atoms with Crippen molar-refractivity contribution >= 4 is 5.69 Å². The van der Waals surface area contributed by atoms with E-state index in [-0.39, 0.29) is 0 Å². The van der Waals surface area contributed by atoms with Crippen molar-refractivity contribution in [3.63, 3.8) is 0 Å². The van der Waals surface area contributed by atoms with Crippen LogP contribution in [0.1, 0.15) is 23.6 Å². The van der Waals surface area contributed by atoms with Gasteiger partial charge in [-0.3, -0.25) is 0 Å². The molecule has 2 nitrogen and oxygen atoms in total. The Bertz CT molecular complexity index is 615. The lowest BCUT2D eigenvalue weighted by atomic mass is 10.1. The summed E-state index contributed by atoms with van der Waals surface area (Å²) in [4.78, 5) is 2.25. The second-order valence-corrected chi connectivity index (χ2v) is 5.08. The zero-order chi connectivity index (χ0) is 15.1. The Morgan fingerprint density at radius 3 is 2.14 bits per heavy atom. The molecular formula is C19H22N2. The van der Waals surface area contributed by atoms with E-state index in [0.29, 0.717) is 6.54 Å². The largest absolute Gasteiger partial charge is 0.370 e. The van der Waals surface area contributed by atoms with Gasteiger partial charge in [0, 0.05) is 24.8 Å². The molecule has 0 radical (unpaired) electrons. The third-order valence-corrected chi connectivity index (χ3v) is 3.49. The second kappa shape index (κ2) is 7.52. The van der Waals surface area contributed by atoms with Gasteiger partial charge in [-0.1, -0.05) is 43.0 Å². The van der Waals surface area contributed by atoms with Crippen molar-refractivity contribution in [3.05, 3.63) is 65.2 Å². The summed E-state index contributed by atoms with van der Waals surface area (Å²) in [5, 5.41) is 0. The molecule has 2 aromatic rings. The fourth-order valence-electron chi connectivity index (χ4n) is 2.20. The maximum atomic E-state index is 5.38. The molecule has 0 fully saturated rings. The molecule has 0 aliphatic heterocycles. The topological polar surface area (TPSA) is 29.3 Å². The molecule has 2 rings (SSSR count). The first-order valence-corrected chi connectivity index (χ1v) is 7.31. The molecule has 0 saturated carbocycles. The molecule has 0 heterocycles. The molecule has 0 atom stereocenters. The Kier molecular flexibility index (Phi) is 5.43. The molecule has 21 heavy (non-hydrogen) atoms. The Balaban J connectivity index is 2.02. The predicted octanol–water partition coefficient (Wildman–Crippen LogP) is 3.20. The van der Waals surface area contributed by atoms with Gasteiger partial charge >= 0.3 is 0 Å². The Labute approximate surface area is 127 Å². The van der Waals surface area contributed by atoms with Gasteiger partial charge in [-0.05, 0) is 41.8 Å². The normalized spacial score (nSPS) is 9.86. The highest BCUT2D eigenvalue weighted by atomic mass is 15.1. The first-order chi connectivity index (χ1) is 10.2. The van der Waals surface area contributed by atoms with Crippen LogP contribution >= 0.6 is 0 Å². The summed E-state index contributed by atoms with van der Waals surface area (Å²) < 4.78 is 0. The Morgan fingerprint density at radius 1 is 0.952 bits per heavy atom. The third kappa shape index (κ3) is 4.37. The number of benzene rings is 2. The van der Waals surface area contributed by atoms with Crippen LogP contribution in [0.15, 0.2) is 48.5 Å². The van der Waals surface area contributed by atoms with Gasteiger partial charge < -0.3 is 10.6 Å². The first-order valence-electron chi connectivity index (χ1n) is 7.31. The molecule has 108 valence electrons. The lowest BCUT2D eigenvalue weighted by Crippen LogP contribution is -2.16. The maximum Gasteiger partial charge on any atom is 0.0555 e. The molecule has 0 aliphatic rings. The molecule has 0 unspecified atom stereocenters. The SMILES string of the molecule is CCc1ccc(N(C)Cc2ccc(C#CCN)cc2)cc1. The lowest BCUT2D eigenvalue weighted by molar-refractivity contribution is 0.921. The van der Waals surface area contributed by atoms with E-state index >= 15 is 0 Å². The summed E-state index contributed by atoms with van der Waals surface area (Å²) in [6.07, 6.45) is 1.08. The lowest BCUT2D eigenvalue weighted by Gasteiger charge is -2.19. The van der Waals surface area contributed by atoms with Gasteiger partial charge in [0.1, 0.15) is 0 Å². The molecule has 0 spiro atoms. The van der Waals surface area contributed by atoms with Gasteiger partial charge in [0.2, 0.25) is 0 Å². The fraction of sp³-hybridized carbons (Fsp3) is 0.263. The number of hydrogen-bond donors (Lipinski definition) is 1. The van der Waals surface area contributed by atoms with Gasteiger partial charge in [-0.15, -0.1) is 0 Å². The smallest absolute Gasteiger partial charge is 0.0555 e. The monoisotopic (exact) mass is 278 g/mol. The summed E-state index contributed by atoms with van der Waals surface area (Å²) in [5.74, 6) is 5.91. The number of aryl methyl sites for hydroxylation is 1. The van der Waals surface area contributed by atoms with E-state index in [1.54, 1.807) is 0 Å². The molecule has 0 aliphatic carbocycles. The second-order valence-electron chi connectivity index (χ2n) is 5.08. The van der Waals surface area contributed by atoms with E-state index in [4.69, 9.17) is 5.73 Å². The van der Waals surface area contributed by atoms with E-state index in [0.717, 1.165) is 18.5 Å². The zero-order valence-corrected chi connectivity index (χ0v) is 12.8. The summed E-state index contributed by atoms with van der Waals surface area (Å²) in [6.45, 7) is 3.46. The molecule has 0 saturated heterocycles. The van der Waals surface area contributed by atoms with Gasteiger partial charge in [0.15, 0.2) is 0 Å². The molecule has 2 N–H and O–H groups in total. The highest BCUT2D eigenvalue weighted by Crippen LogP contribution is 2.17. The number of anilines is 1.